The summed E-state index contributed by atoms with van der Waals surface area (Å²) in [6, 6.07) is 0. The number of hydrogen-bond donors (Lipinski definition) is 1. The topological polar surface area (TPSA) is 65.4 Å². The van der Waals surface area contributed by atoms with E-state index < -0.39 is 11.7 Å². The predicted octanol–water partition coefficient (Wildman–Crippen LogP) is 2.18. The highest BCUT2D eigenvalue weighted by atomic mass is 79.9. The second-order valence-electron chi connectivity index (χ2n) is 5.54. The molecule has 0 spiro atoms. The van der Waals surface area contributed by atoms with Crippen molar-refractivity contribution in [1.82, 2.24) is 15.1 Å². The summed E-state index contributed by atoms with van der Waals surface area (Å²) in [7, 11) is 0. The molecule has 7 heteroatoms. The van der Waals surface area contributed by atoms with E-state index in [0.29, 0.717) is 13.2 Å². The number of nitrogens with one attached hydrogen (secondary N) is 1. The summed E-state index contributed by atoms with van der Waals surface area (Å²) in [5.74, 6) is 0.931. The van der Waals surface area contributed by atoms with Gasteiger partial charge in [-0.2, -0.15) is 5.10 Å². The van der Waals surface area contributed by atoms with Crippen molar-refractivity contribution < 1.29 is 14.3 Å². The monoisotopic (exact) mass is 331 g/mol. The van der Waals surface area contributed by atoms with Gasteiger partial charge in [-0.15, -0.1) is 0 Å². The van der Waals surface area contributed by atoms with Crippen molar-refractivity contribution >= 4 is 22.0 Å². The Morgan fingerprint density at radius 2 is 2.42 bits per heavy atom. The largest absolute Gasteiger partial charge is 0.477 e. The molecule has 1 amide bonds. The van der Waals surface area contributed by atoms with E-state index in [1.165, 1.54) is 0 Å². The molecule has 19 heavy (non-hydrogen) atoms. The number of aromatic nitrogens is 2. The molecule has 106 valence electrons. The first-order valence-corrected chi connectivity index (χ1v) is 6.95. The van der Waals surface area contributed by atoms with Crippen LogP contribution in [0, 0.1) is 5.92 Å². The average molecular weight is 332 g/mol. The maximum Gasteiger partial charge on any atom is 0.407 e. The van der Waals surface area contributed by atoms with Crippen molar-refractivity contribution in [2.45, 2.75) is 32.9 Å². The van der Waals surface area contributed by atoms with Crippen LogP contribution < -0.4 is 10.1 Å². The van der Waals surface area contributed by atoms with Crippen LogP contribution in [-0.2, 0) is 11.3 Å². The molecule has 6 nitrogen and oxygen atoms in total. The summed E-state index contributed by atoms with van der Waals surface area (Å²) in [5.41, 5.74) is -0.479. The zero-order chi connectivity index (χ0) is 14.0. The van der Waals surface area contributed by atoms with Crippen molar-refractivity contribution in [1.29, 1.82) is 0 Å². The van der Waals surface area contributed by atoms with Crippen LogP contribution in [0.15, 0.2) is 10.7 Å². The number of ether oxygens (including phenoxy) is 2. The second kappa shape index (κ2) is 5.40. The van der Waals surface area contributed by atoms with E-state index in [1.54, 1.807) is 10.9 Å². The first-order valence-electron chi connectivity index (χ1n) is 6.16. The smallest absolute Gasteiger partial charge is 0.407 e. The van der Waals surface area contributed by atoms with Crippen LogP contribution in [0.1, 0.15) is 20.8 Å². The van der Waals surface area contributed by atoms with Gasteiger partial charge in [0.15, 0.2) is 0 Å². The van der Waals surface area contributed by atoms with E-state index in [9.17, 15) is 4.79 Å². The molecule has 0 saturated carbocycles. The molecule has 0 radical (unpaired) electrons. The van der Waals surface area contributed by atoms with Crippen LogP contribution >= 0.6 is 15.9 Å². The Labute approximate surface area is 120 Å². The van der Waals surface area contributed by atoms with Crippen molar-refractivity contribution in [2.75, 3.05) is 13.2 Å². The number of hydrogen-bond acceptors (Lipinski definition) is 4. The molecule has 1 aliphatic heterocycles. The summed E-state index contributed by atoms with van der Waals surface area (Å²) in [6.45, 7) is 7.29. The van der Waals surface area contributed by atoms with Crippen molar-refractivity contribution in [3.63, 3.8) is 0 Å². The number of rotatable bonds is 2. The van der Waals surface area contributed by atoms with Crippen LogP contribution in [0.25, 0.3) is 0 Å². The summed E-state index contributed by atoms with van der Waals surface area (Å²) in [4.78, 5) is 11.5. The first kappa shape index (κ1) is 14.2. The van der Waals surface area contributed by atoms with Crippen LogP contribution in [0.3, 0.4) is 0 Å². The molecular formula is C12H18BrN3O3. The molecule has 1 unspecified atom stereocenters. The third-order valence-corrected chi connectivity index (χ3v) is 3.11. The lowest BCUT2D eigenvalue weighted by Crippen LogP contribution is -2.39. The highest BCUT2D eigenvalue weighted by Gasteiger charge is 2.24. The van der Waals surface area contributed by atoms with Crippen molar-refractivity contribution in [3.05, 3.63) is 10.7 Å². The molecule has 0 fully saturated rings. The Morgan fingerprint density at radius 1 is 1.68 bits per heavy atom. The molecule has 2 rings (SSSR count). The lowest BCUT2D eigenvalue weighted by molar-refractivity contribution is 0.0503. The average Bonchev–Trinajstić information content (AvgIpc) is 2.66. The van der Waals surface area contributed by atoms with Crippen molar-refractivity contribution in [2.24, 2.45) is 5.92 Å². The Balaban J connectivity index is 1.81. The highest BCUT2D eigenvalue weighted by molar-refractivity contribution is 9.10. The molecular weight excluding hydrogens is 314 g/mol. The fourth-order valence-electron chi connectivity index (χ4n) is 1.78. The SMILES string of the molecule is CC(C)(C)OC(=O)NCC1COc2c(Br)cnn2C1. The van der Waals surface area contributed by atoms with Gasteiger partial charge in [-0.25, -0.2) is 9.48 Å². The number of amides is 1. The van der Waals surface area contributed by atoms with Crippen LogP contribution in [0.5, 0.6) is 5.88 Å². The molecule has 2 heterocycles. The lowest BCUT2D eigenvalue weighted by Gasteiger charge is -2.25. The van der Waals surface area contributed by atoms with E-state index in [1.807, 2.05) is 20.8 Å². The summed E-state index contributed by atoms with van der Waals surface area (Å²) in [6.07, 6.45) is 1.30. The quantitative estimate of drug-likeness (QED) is 0.902. The minimum Gasteiger partial charge on any atom is -0.477 e. The fourth-order valence-corrected chi connectivity index (χ4v) is 2.19. The van der Waals surface area contributed by atoms with E-state index in [2.05, 4.69) is 26.3 Å². The second-order valence-corrected chi connectivity index (χ2v) is 6.39. The van der Waals surface area contributed by atoms with Crippen LogP contribution in [0.2, 0.25) is 0 Å². The number of alkyl carbamates (subject to hydrolysis) is 1. The number of carbonyl (C=O) groups is 1. The normalized spacial score (nSPS) is 18.4. The fraction of sp³-hybridized carbons (Fsp3) is 0.667. The minimum atomic E-state index is -0.479. The zero-order valence-corrected chi connectivity index (χ0v) is 12.9. The molecule has 0 aliphatic carbocycles. The predicted molar refractivity (Wildman–Crippen MR) is 73.1 cm³/mol. The Bertz CT molecular complexity index is 467. The summed E-state index contributed by atoms with van der Waals surface area (Å²) < 4.78 is 13.4. The van der Waals surface area contributed by atoms with Gasteiger partial charge in [-0.1, -0.05) is 0 Å². The van der Waals surface area contributed by atoms with Gasteiger partial charge >= 0.3 is 6.09 Å². The van der Waals surface area contributed by atoms with Crippen molar-refractivity contribution in [3.8, 4) is 5.88 Å². The number of fused-ring (bicyclic) bond motifs is 1. The Kier molecular flexibility index (Phi) is 4.03. The Morgan fingerprint density at radius 3 is 3.11 bits per heavy atom. The standard InChI is InChI=1S/C12H18BrN3O3/c1-12(2,3)19-11(17)14-4-8-6-16-10(18-7-8)9(13)5-15-16/h5,8H,4,6-7H2,1-3H3,(H,14,17). The molecule has 0 bridgehead atoms. The molecule has 1 N–H and O–H groups in total. The first-order chi connectivity index (χ1) is 8.85. The summed E-state index contributed by atoms with van der Waals surface area (Å²) >= 11 is 3.37. The van der Waals surface area contributed by atoms with E-state index in [4.69, 9.17) is 9.47 Å². The molecule has 0 aromatic carbocycles. The Hall–Kier alpha value is -1.24. The third-order valence-electron chi connectivity index (χ3n) is 2.57. The van der Waals surface area contributed by atoms with Gasteiger partial charge in [-0.3, -0.25) is 0 Å². The number of nitrogens with zero attached hydrogens (tertiary/aromatic N) is 2. The van der Waals surface area contributed by atoms with Gasteiger partial charge in [-0.05, 0) is 36.7 Å². The summed E-state index contributed by atoms with van der Waals surface area (Å²) in [5, 5.41) is 6.95. The van der Waals surface area contributed by atoms with Gasteiger partial charge in [0.2, 0.25) is 5.88 Å². The number of carbonyl (C=O) groups excluding carboxylic acids is 1. The highest BCUT2D eigenvalue weighted by Crippen LogP contribution is 2.28. The van der Waals surface area contributed by atoms with Gasteiger partial charge in [0, 0.05) is 12.5 Å². The van der Waals surface area contributed by atoms with E-state index in [-0.39, 0.29) is 5.92 Å². The van der Waals surface area contributed by atoms with E-state index >= 15 is 0 Å². The maximum atomic E-state index is 11.5. The molecule has 1 atom stereocenters. The zero-order valence-electron chi connectivity index (χ0n) is 11.3. The lowest BCUT2D eigenvalue weighted by atomic mass is 10.1. The number of halogens is 1. The molecule has 0 saturated heterocycles. The van der Waals surface area contributed by atoms with Crippen LogP contribution in [-0.4, -0.2) is 34.6 Å². The molecule has 1 aromatic rings. The molecule has 1 aliphatic rings. The minimum absolute atomic E-state index is 0.187. The van der Waals surface area contributed by atoms with Gasteiger partial charge in [0.25, 0.3) is 0 Å². The van der Waals surface area contributed by atoms with Gasteiger partial charge < -0.3 is 14.8 Å². The third kappa shape index (κ3) is 3.86. The van der Waals surface area contributed by atoms with Crippen LogP contribution in [0.4, 0.5) is 4.79 Å². The molecule has 1 aromatic heterocycles. The van der Waals surface area contributed by atoms with E-state index in [0.717, 1.165) is 16.9 Å². The van der Waals surface area contributed by atoms with Gasteiger partial charge in [0.05, 0.1) is 23.8 Å². The maximum absolute atomic E-state index is 11.5. The van der Waals surface area contributed by atoms with Gasteiger partial charge in [0.1, 0.15) is 5.60 Å².